The first-order chi connectivity index (χ1) is 6.13. The topological polar surface area (TPSA) is 44.1 Å². The quantitative estimate of drug-likeness (QED) is 0.659. The Morgan fingerprint density at radius 1 is 1.69 bits per heavy atom. The van der Waals surface area contributed by atoms with E-state index in [-0.39, 0.29) is 12.4 Å². The molecule has 0 aliphatic heterocycles. The summed E-state index contributed by atoms with van der Waals surface area (Å²) in [5.74, 6) is -0.256. The average Bonchev–Trinajstić information content (AvgIpc) is 2.52. The molecule has 4 heteroatoms. The number of nitrogens with zero attached hydrogens (tertiary/aromatic N) is 2. The van der Waals surface area contributed by atoms with E-state index < -0.39 is 0 Å². The predicted octanol–water partition coefficient (Wildman–Crippen LogP) is 1.18. The molecule has 0 N–H and O–H groups in total. The minimum Gasteiger partial charge on any atom is -0.469 e. The molecule has 0 atom stereocenters. The summed E-state index contributed by atoms with van der Waals surface area (Å²) < 4.78 is 6.35. The van der Waals surface area contributed by atoms with Crippen LogP contribution in [0.1, 0.15) is 25.6 Å². The molecule has 13 heavy (non-hydrogen) atoms. The van der Waals surface area contributed by atoms with Gasteiger partial charge in [0.15, 0.2) is 0 Å². The van der Waals surface area contributed by atoms with Crippen LogP contribution in [0.4, 0.5) is 0 Å². The van der Waals surface area contributed by atoms with Gasteiger partial charge in [-0.15, -0.1) is 0 Å². The predicted molar refractivity (Wildman–Crippen MR) is 48.3 cm³/mol. The maximum atomic E-state index is 10.9. The van der Waals surface area contributed by atoms with Crippen LogP contribution >= 0.6 is 0 Å². The van der Waals surface area contributed by atoms with Crippen LogP contribution in [0.2, 0.25) is 0 Å². The van der Waals surface area contributed by atoms with Crippen molar-refractivity contribution >= 4 is 5.97 Å². The fourth-order valence-corrected chi connectivity index (χ4v) is 0.979. The van der Waals surface area contributed by atoms with E-state index in [1.165, 1.54) is 7.11 Å². The zero-order valence-corrected chi connectivity index (χ0v) is 8.15. The molecule has 0 saturated heterocycles. The molecule has 4 nitrogen and oxygen atoms in total. The highest BCUT2D eigenvalue weighted by Crippen LogP contribution is 2.04. The standard InChI is InChI=1S/C9H14N2O2/c1-7(2)11-5-4-8(10-11)6-9(12)13-3/h4-5,7H,6H2,1-3H3. The van der Waals surface area contributed by atoms with Gasteiger partial charge in [0.1, 0.15) is 0 Å². The Balaban J connectivity index is 2.64. The maximum absolute atomic E-state index is 10.9. The van der Waals surface area contributed by atoms with E-state index in [0.29, 0.717) is 6.04 Å². The van der Waals surface area contributed by atoms with E-state index in [9.17, 15) is 4.79 Å². The number of aromatic nitrogens is 2. The molecule has 0 amide bonds. The number of hydrogen-bond donors (Lipinski definition) is 0. The number of rotatable bonds is 3. The molecule has 0 aliphatic rings. The van der Waals surface area contributed by atoms with Gasteiger partial charge in [-0.2, -0.15) is 5.10 Å². The number of carbonyl (C=O) groups is 1. The summed E-state index contributed by atoms with van der Waals surface area (Å²) in [4.78, 5) is 10.9. The number of ether oxygens (including phenoxy) is 1. The molecule has 0 spiro atoms. The van der Waals surface area contributed by atoms with Crippen LogP contribution in [0, 0.1) is 0 Å². The molecule has 0 aromatic carbocycles. The van der Waals surface area contributed by atoms with Gasteiger partial charge in [0, 0.05) is 12.2 Å². The van der Waals surface area contributed by atoms with Gasteiger partial charge >= 0.3 is 5.97 Å². The molecule has 0 aliphatic carbocycles. The zero-order valence-electron chi connectivity index (χ0n) is 8.15. The minimum absolute atomic E-state index is 0.246. The normalized spacial score (nSPS) is 10.5. The summed E-state index contributed by atoms with van der Waals surface area (Å²) in [6.45, 7) is 4.07. The van der Waals surface area contributed by atoms with Crippen molar-refractivity contribution in [3.05, 3.63) is 18.0 Å². The first kappa shape index (κ1) is 9.77. The lowest BCUT2D eigenvalue weighted by atomic mass is 10.3. The Kier molecular flexibility index (Phi) is 3.06. The Bertz CT molecular complexity index is 292. The highest BCUT2D eigenvalue weighted by atomic mass is 16.5. The van der Waals surface area contributed by atoms with Crippen molar-refractivity contribution < 1.29 is 9.53 Å². The lowest BCUT2D eigenvalue weighted by molar-refractivity contribution is -0.139. The van der Waals surface area contributed by atoms with Gasteiger partial charge in [-0.1, -0.05) is 0 Å². The van der Waals surface area contributed by atoms with E-state index in [4.69, 9.17) is 0 Å². The lowest BCUT2D eigenvalue weighted by Gasteiger charge is -2.03. The van der Waals surface area contributed by atoms with E-state index in [1.54, 1.807) is 0 Å². The molecule has 0 radical (unpaired) electrons. The SMILES string of the molecule is COC(=O)Cc1ccn(C(C)C)n1. The first-order valence-electron chi connectivity index (χ1n) is 4.24. The molecular weight excluding hydrogens is 168 g/mol. The summed E-state index contributed by atoms with van der Waals surface area (Å²) in [6.07, 6.45) is 2.11. The van der Waals surface area contributed by atoms with Gasteiger partial charge in [-0.25, -0.2) is 0 Å². The third-order valence-electron chi connectivity index (χ3n) is 1.75. The zero-order chi connectivity index (χ0) is 9.84. The maximum Gasteiger partial charge on any atom is 0.311 e. The second-order valence-corrected chi connectivity index (χ2v) is 3.13. The highest BCUT2D eigenvalue weighted by molar-refractivity contribution is 5.71. The average molecular weight is 182 g/mol. The lowest BCUT2D eigenvalue weighted by Crippen LogP contribution is -2.07. The van der Waals surface area contributed by atoms with Crippen LogP contribution in [-0.4, -0.2) is 22.9 Å². The van der Waals surface area contributed by atoms with Gasteiger partial charge in [-0.3, -0.25) is 9.48 Å². The van der Waals surface area contributed by atoms with Crippen LogP contribution in [0.5, 0.6) is 0 Å². The van der Waals surface area contributed by atoms with Gasteiger partial charge in [0.05, 0.1) is 19.2 Å². The smallest absolute Gasteiger partial charge is 0.311 e. The van der Waals surface area contributed by atoms with Gasteiger partial charge in [0.2, 0.25) is 0 Å². The van der Waals surface area contributed by atoms with Gasteiger partial charge in [0.25, 0.3) is 0 Å². The summed E-state index contributed by atoms with van der Waals surface area (Å²) in [5, 5.41) is 4.21. The molecule has 1 heterocycles. The Morgan fingerprint density at radius 3 is 2.85 bits per heavy atom. The molecular formula is C9H14N2O2. The van der Waals surface area contributed by atoms with Crippen molar-refractivity contribution in [3.8, 4) is 0 Å². The molecule has 0 unspecified atom stereocenters. The Labute approximate surface area is 77.5 Å². The van der Waals surface area contributed by atoms with Crippen molar-refractivity contribution in [1.29, 1.82) is 0 Å². The number of hydrogen-bond acceptors (Lipinski definition) is 3. The van der Waals surface area contributed by atoms with E-state index in [1.807, 2.05) is 30.8 Å². The molecule has 72 valence electrons. The van der Waals surface area contributed by atoms with Crippen molar-refractivity contribution in [1.82, 2.24) is 9.78 Å². The molecule has 1 rings (SSSR count). The first-order valence-corrected chi connectivity index (χ1v) is 4.24. The third kappa shape index (κ3) is 2.57. The molecule has 1 aromatic heterocycles. The van der Waals surface area contributed by atoms with Crippen molar-refractivity contribution in [3.63, 3.8) is 0 Å². The fraction of sp³-hybridized carbons (Fsp3) is 0.556. The van der Waals surface area contributed by atoms with E-state index in [2.05, 4.69) is 9.84 Å². The van der Waals surface area contributed by atoms with E-state index >= 15 is 0 Å². The van der Waals surface area contributed by atoms with E-state index in [0.717, 1.165) is 5.69 Å². The summed E-state index contributed by atoms with van der Waals surface area (Å²) in [5.41, 5.74) is 0.751. The van der Waals surface area contributed by atoms with Gasteiger partial charge < -0.3 is 4.74 Å². The van der Waals surface area contributed by atoms with Crippen molar-refractivity contribution in [2.45, 2.75) is 26.3 Å². The summed E-state index contributed by atoms with van der Waals surface area (Å²) in [6, 6.07) is 2.16. The highest BCUT2D eigenvalue weighted by Gasteiger charge is 2.06. The second kappa shape index (κ2) is 4.07. The van der Waals surface area contributed by atoms with Crippen LogP contribution in [0.15, 0.2) is 12.3 Å². The molecule has 1 aromatic rings. The van der Waals surface area contributed by atoms with Crippen LogP contribution in [-0.2, 0) is 16.0 Å². The fourth-order valence-electron chi connectivity index (χ4n) is 0.979. The second-order valence-electron chi connectivity index (χ2n) is 3.13. The Morgan fingerprint density at radius 2 is 2.38 bits per heavy atom. The minimum atomic E-state index is -0.256. The number of carbonyl (C=O) groups excluding carboxylic acids is 1. The summed E-state index contributed by atoms with van der Waals surface area (Å²) >= 11 is 0. The van der Waals surface area contributed by atoms with Crippen LogP contribution in [0.25, 0.3) is 0 Å². The number of methoxy groups -OCH3 is 1. The monoisotopic (exact) mass is 182 g/mol. The Hall–Kier alpha value is -1.32. The van der Waals surface area contributed by atoms with Gasteiger partial charge in [-0.05, 0) is 19.9 Å². The molecule has 0 saturated carbocycles. The van der Waals surface area contributed by atoms with Crippen molar-refractivity contribution in [2.24, 2.45) is 0 Å². The molecule has 0 fully saturated rings. The third-order valence-corrected chi connectivity index (χ3v) is 1.75. The molecule has 0 bridgehead atoms. The summed E-state index contributed by atoms with van der Waals surface area (Å²) in [7, 11) is 1.38. The van der Waals surface area contributed by atoms with Crippen LogP contribution in [0.3, 0.4) is 0 Å². The number of esters is 1. The van der Waals surface area contributed by atoms with Crippen molar-refractivity contribution in [2.75, 3.05) is 7.11 Å². The van der Waals surface area contributed by atoms with Crippen LogP contribution < -0.4 is 0 Å². The largest absolute Gasteiger partial charge is 0.469 e.